The largest absolute Gasteiger partial charge is 0.494 e. The number of hydrogen-bond acceptors (Lipinski definition) is 3. The van der Waals surface area contributed by atoms with Gasteiger partial charge >= 0.3 is 0 Å². The molecule has 0 amide bonds. The Morgan fingerprint density at radius 1 is 1.22 bits per heavy atom. The van der Waals surface area contributed by atoms with Crippen LogP contribution in [0.25, 0.3) is 0 Å². The van der Waals surface area contributed by atoms with Gasteiger partial charge in [0.05, 0.1) is 12.7 Å². The summed E-state index contributed by atoms with van der Waals surface area (Å²) in [6.45, 7) is 2.77. The Balaban J connectivity index is 1.83. The molecule has 1 saturated carbocycles. The first-order chi connectivity index (χ1) is 8.79. The molecule has 0 aromatic heterocycles. The van der Waals surface area contributed by atoms with E-state index in [0.29, 0.717) is 12.2 Å². The number of carbonyl (C=O) groups excluding carboxylic acids is 1. The number of ether oxygens (including phenoxy) is 2. The third-order valence-corrected chi connectivity index (χ3v) is 3.24. The molecule has 0 N–H and O–H groups in total. The number of carbonyl (C=O) groups is 1. The topological polar surface area (TPSA) is 35.5 Å². The maximum atomic E-state index is 11.9. The van der Waals surface area contributed by atoms with Crippen LogP contribution in [0.3, 0.4) is 0 Å². The zero-order valence-electron chi connectivity index (χ0n) is 10.9. The van der Waals surface area contributed by atoms with Gasteiger partial charge in [0.25, 0.3) is 0 Å². The molecule has 1 aromatic rings. The monoisotopic (exact) mass is 248 g/mol. The first kappa shape index (κ1) is 13.1. The van der Waals surface area contributed by atoms with Crippen LogP contribution in [0.15, 0.2) is 24.3 Å². The lowest BCUT2D eigenvalue weighted by molar-refractivity contribution is 0.0482. The Morgan fingerprint density at radius 3 is 2.50 bits per heavy atom. The van der Waals surface area contributed by atoms with Crippen molar-refractivity contribution in [1.29, 1.82) is 0 Å². The lowest BCUT2D eigenvalue weighted by Gasteiger charge is -2.10. The maximum Gasteiger partial charge on any atom is 0.188 e. The average molecular weight is 248 g/mol. The van der Waals surface area contributed by atoms with Crippen LogP contribution in [-0.4, -0.2) is 25.1 Å². The van der Waals surface area contributed by atoms with Gasteiger partial charge in [-0.1, -0.05) is 12.8 Å². The predicted molar refractivity (Wildman–Crippen MR) is 70.1 cm³/mol. The van der Waals surface area contributed by atoms with Crippen molar-refractivity contribution in [2.75, 3.05) is 13.2 Å². The summed E-state index contributed by atoms with van der Waals surface area (Å²) in [4.78, 5) is 11.9. The van der Waals surface area contributed by atoms with E-state index in [1.54, 1.807) is 12.1 Å². The molecule has 3 nitrogen and oxygen atoms in total. The fraction of sp³-hybridized carbons (Fsp3) is 0.533. The summed E-state index contributed by atoms with van der Waals surface area (Å²) in [5, 5.41) is 0. The highest BCUT2D eigenvalue weighted by atomic mass is 16.5. The zero-order valence-corrected chi connectivity index (χ0v) is 10.9. The van der Waals surface area contributed by atoms with E-state index in [2.05, 4.69) is 0 Å². The highest BCUT2D eigenvalue weighted by molar-refractivity contribution is 5.97. The van der Waals surface area contributed by atoms with Crippen LogP contribution in [0.4, 0.5) is 0 Å². The van der Waals surface area contributed by atoms with Crippen molar-refractivity contribution >= 4 is 5.78 Å². The van der Waals surface area contributed by atoms with Gasteiger partial charge in [-0.3, -0.25) is 4.79 Å². The fourth-order valence-corrected chi connectivity index (χ4v) is 2.24. The summed E-state index contributed by atoms with van der Waals surface area (Å²) in [7, 11) is 0. The van der Waals surface area contributed by atoms with Crippen molar-refractivity contribution in [3.8, 4) is 5.75 Å². The second-order valence-electron chi connectivity index (χ2n) is 4.60. The van der Waals surface area contributed by atoms with E-state index < -0.39 is 0 Å². The second-order valence-corrected chi connectivity index (χ2v) is 4.60. The first-order valence-corrected chi connectivity index (χ1v) is 6.67. The lowest BCUT2D eigenvalue weighted by Crippen LogP contribution is -2.15. The van der Waals surface area contributed by atoms with Gasteiger partial charge in [0.15, 0.2) is 5.78 Å². The minimum absolute atomic E-state index is 0.0462. The molecular formula is C15H20O3. The van der Waals surface area contributed by atoms with Crippen molar-refractivity contribution < 1.29 is 14.3 Å². The van der Waals surface area contributed by atoms with Crippen LogP contribution in [0.5, 0.6) is 5.75 Å². The molecule has 98 valence electrons. The van der Waals surface area contributed by atoms with Crippen LogP contribution in [0.1, 0.15) is 43.0 Å². The highest BCUT2D eigenvalue weighted by Crippen LogP contribution is 2.21. The van der Waals surface area contributed by atoms with Gasteiger partial charge in [0.1, 0.15) is 12.4 Å². The average Bonchev–Trinajstić information content (AvgIpc) is 2.90. The van der Waals surface area contributed by atoms with Gasteiger partial charge in [-0.2, -0.15) is 0 Å². The van der Waals surface area contributed by atoms with E-state index >= 15 is 0 Å². The number of ketones is 1. The Labute approximate surface area is 108 Å². The van der Waals surface area contributed by atoms with Crippen molar-refractivity contribution in [3.05, 3.63) is 29.8 Å². The fourth-order valence-electron chi connectivity index (χ4n) is 2.24. The molecule has 0 spiro atoms. The minimum atomic E-state index is 0.0462. The molecular weight excluding hydrogens is 228 g/mol. The molecule has 0 saturated heterocycles. The number of Topliss-reactive ketones (excluding diaryl/α,β-unsaturated/α-hetero) is 1. The molecule has 0 aliphatic heterocycles. The van der Waals surface area contributed by atoms with E-state index in [-0.39, 0.29) is 18.5 Å². The second kappa shape index (κ2) is 6.55. The molecule has 1 aliphatic rings. The Hall–Kier alpha value is -1.35. The molecule has 1 fully saturated rings. The standard InChI is InChI=1S/C15H20O3/c1-2-17-14-9-7-12(8-10-14)15(16)11-18-13-5-3-4-6-13/h7-10,13H,2-6,11H2,1H3. The Bertz CT molecular complexity index is 377. The maximum absolute atomic E-state index is 11.9. The van der Waals surface area contributed by atoms with E-state index in [1.807, 2.05) is 19.1 Å². The first-order valence-electron chi connectivity index (χ1n) is 6.67. The van der Waals surface area contributed by atoms with Crippen molar-refractivity contribution in [3.63, 3.8) is 0 Å². The molecule has 3 heteroatoms. The molecule has 0 heterocycles. The van der Waals surface area contributed by atoms with Crippen LogP contribution < -0.4 is 4.74 Å². The minimum Gasteiger partial charge on any atom is -0.494 e. The number of hydrogen-bond donors (Lipinski definition) is 0. The van der Waals surface area contributed by atoms with E-state index in [9.17, 15) is 4.79 Å². The smallest absolute Gasteiger partial charge is 0.188 e. The summed E-state index contributed by atoms with van der Waals surface area (Å²) in [5.74, 6) is 0.843. The van der Waals surface area contributed by atoms with Crippen molar-refractivity contribution in [2.24, 2.45) is 0 Å². The number of rotatable bonds is 6. The van der Waals surface area contributed by atoms with Crippen LogP contribution in [0.2, 0.25) is 0 Å². The van der Waals surface area contributed by atoms with E-state index in [1.165, 1.54) is 12.8 Å². The van der Waals surface area contributed by atoms with Crippen LogP contribution in [-0.2, 0) is 4.74 Å². The van der Waals surface area contributed by atoms with Crippen molar-refractivity contribution in [1.82, 2.24) is 0 Å². The predicted octanol–water partition coefficient (Wildman–Crippen LogP) is 3.23. The molecule has 18 heavy (non-hydrogen) atoms. The molecule has 1 aliphatic carbocycles. The summed E-state index contributed by atoms with van der Waals surface area (Å²) in [6.07, 6.45) is 4.92. The van der Waals surface area contributed by atoms with Gasteiger partial charge in [-0.15, -0.1) is 0 Å². The van der Waals surface area contributed by atoms with Crippen LogP contribution >= 0.6 is 0 Å². The Kier molecular flexibility index (Phi) is 4.76. The summed E-state index contributed by atoms with van der Waals surface area (Å²) in [6, 6.07) is 7.25. The third kappa shape index (κ3) is 3.57. The molecule has 0 atom stereocenters. The van der Waals surface area contributed by atoms with Crippen LogP contribution in [0, 0.1) is 0 Å². The van der Waals surface area contributed by atoms with E-state index in [0.717, 1.165) is 18.6 Å². The van der Waals surface area contributed by atoms with E-state index in [4.69, 9.17) is 9.47 Å². The van der Waals surface area contributed by atoms with Gasteiger partial charge in [-0.05, 0) is 44.0 Å². The normalized spacial score (nSPS) is 15.8. The number of benzene rings is 1. The molecule has 0 bridgehead atoms. The molecule has 0 unspecified atom stereocenters. The summed E-state index contributed by atoms with van der Waals surface area (Å²) < 4.78 is 11.0. The summed E-state index contributed by atoms with van der Waals surface area (Å²) >= 11 is 0. The van der Waals surface area contributed by atoms with Gasteiger partial charge in [-0.25, -0.2) is 0 Å². The third-order valence-electron chi connectivity index (χ3n) is 3.24. The molecule has 0 radical (unpaired) electrons. The molecule has 2 rings (SSSR count). The van der Waals surface area contributed by atoms with Gasteiger partial charge in [0.2, 0.25) is 0 Å². The highest BCUT2D eigenvalue weighted by Gasteiger charge is 2.17. The molecule has 1 aromatic carbocycles. The van der Waals surface area contributed by atoms with Gasteiger partial charge < -0.3 is 9.47 Å². The van der Waals surface area contributed by atoms with Gasteiger partial charge in [0, 0.05) is 5.56 Å². The van der Waals surface area contributed by atoms with Crippen molar-refractivity contribution in [2.45, 2.75) is 38.7 Å². The lowest BCUT2D eigenvalue weighted by atomic mass is 10.1. The SMILES string of the molecule is CCOc1ccc(C(=O)COC2CCCC2)cc1. The zero-order chi connectivity index (χ0) is 12.8. The quantitative estimate of drug-likeness (QED) is 0.725. The summed E-state index contributed by atoms with van der Waals surface area (Å²) in [5.41, 5.74) is 0.691. The Morgan fingerprint density at radius 2 is 1.89 bits per heavy atom.